The number of thioether (sulfide) groups is 1. The number of benzene rings is 2. The number of Topliss-reactive ketones (excluding diaryl/α,β-unsaturated/α-hetero) is 1. The quantitative estimate of drug-likeness (QED) is 0.572. The molecule has 1 heterocycles. The molecular weight excluding hydrogens is 330 g/mol. The fourth-order valence-corrected chi connectivity index (χ4v) is 3.73. The first-order chi connectivity index (χ1) is 11.9. The van der Waals surface area contributed by atoms with E-state index in [2.05, 4.69) is 26.0 Å². The Kier molecular flexibility index (Phi) is 5.00. The van der Waals surface area contributed by atoms with Crippen molar-refractivity contribution >= 4 is 23.3 Å². The summed E-state index contributed by atoms with van der Waals surface area (Å²) in [6.45, 7) is 4.22. The number of ether oxygens (including phenoxy) is 1. The van der Waals surface area contributed by atoms with Gasteiger partial charge in [0.1, 0.15) is 5.75 Å². The molecule has 25 heavy (non-hydrogen) atoms. The van der Waals surface area contributed by atoms with Crippen LogP contribution in [0.3, 0.4) is 0 Å². The first-order valence-electron chi connectivity index (χ1n) is 8.36. The molecule has 2 aromatic rings. The Hall–Kier alpha value is -2.07. The molecule has 0 saturated heterocycles. The summed E-state index contributed by atoms with van der Waals surface area (Å²) in [6.07, 6.45) is 3.19. The zero-order chi connectivity index (χ0) is 18.0. The highest BCUT2D eigenvalue weighted by molar-refractivity contribution is 7.98. The number of carbonyl (C=O) groups excluding carboxylic acids is 1. The summed E-state index contributed by atoms with van der Waals surface area (Å²) >= 11 is 1.63. The summed E-state index contributed by atoms with van der Waals surface area (Å²) < 4.78 is 5.43. The van der Waals surface area contributed by atoms with E-state index in [-0.39, 0.29) is 17.7 Å². The van der Waals surface area contributed by atoms with Gasteiger partial charge in [-0.2, -0.15) is 0 Å². The number of hydrogen-bond acceptors (Lipinski definition) is 4. The number of nitrogens with zero attached hydrogens (tertiary/aromatic N) is 1. The van der Waals surface area contributed by atoms with Gasteiger partial charge in [0.05, 0.1) is 30.3 Å². The van der Waals surface area contributed by atoms with Crippen LogP contribution in [-0.4, -0.2) is 30.4 Å². The molecule has 0 aliphatic carbocycles. The van der Waals surface area contributed by atoms with E-state index in [1.54, 1.807) is 18.9 Å². The van der Waals surface area contributed by atoms with Gasteiger partial charge in [0.25, 0.3) is 0 Å². The van der Waals surface area contributed by atoms with Gasteiger partial charge in [-0.3, -0.25) is 9.79 Å². The number of rotatable bonds is 5. The fraction of sp³-hybridized carbons (Fsp3) is 0.333. The molecule has 0 fully saturated rings. The lowest BCUT2D eigenvalue weighted by atomic mass is 9.85. The molecule has 0 aromatic heterocycles. The van der Waals surface area contributed by atoms with Gasteiger partial charge in [0.15, 0.2) is 5.78 Å². The van der Waals surface area contributed by atoms with Crippen LogP contribution in [-0.2, 0) is 6.42 Å². The maximum absolute atomic E-state index is 12.9. The lowest BCUT2D eigenvalue weighted by Crippen LogP contribution is -2.30. The highest BCUT2D eigenvalue weighted by atomic mass is 32.2. The smallest absolute Gasteiger partial charge is 0.172 e. The van der Waals surface area contributed by atoms with Crippen molar-refractivity contribution in [2.24, 2.45) is 4.99 Å². The highest BCUT2D eigenvalue weighted by Gasteiger charge is 2.28. The third-order valence-electron chi connectivity index (χ3n) is 4.43. The van der Waals surface area contributed by atoms with E-state index in [1.807, 2.05) is 36.6 Å². The number of ketones is 1. The minimum Gasteiger partial charge on any atom is -0.496 e. The number of methoxy groups -OCH3 is 1. The van der Waals surface area contributed by atoms with Crippen molar-refractivity contribution in [3.63, 3.8) is 0 Å². The van der Waals surface area contributed by atoms with Crippen LogP contribution in [0.25, 0.3) is 0 Å². The summed E-state index contributed by atoms with van der Waals surface area (Å²) in [7, 11) is 1.60. The molecule has 2 aromatic carbocycles. The number of hydrogen-bond donors (Lipinski definition) is 0. The summed E-state index contributed by atoms with van der Waals surface area (Å²) in [5.74, 6) is 0.663. The van der Waals surface area contributed by atoms with E-state index in [9.17, 15) is 4.79 Å². The monoisotopic (exact) mass is 353 g/mol. The Labute approximate surface area is 153 Å². The number of aliphatic imine (C=N–C) groups is 1. The van der Waals surface area contributed by atoms with Crippen molar-refractivity contribution < 1.29 is 9.53 Å². The second-order valence-electron chi connectivity index (χ2n) is 6.87. The minimum absolute atomic E-state index is 0.0377. The average molecular weight is 353 g/mol. The maximum Gasteiger partial charge on any atom is 0.172 e. The highest BCUT2D eigenvalue weighted by Crippen LogP contribution is 2.30. The second-order valence-corrected chi connectivity index (χ2v) is 7.75. The van der Waals surface area contributed by atoms with Gasteiger partial charge in [-0.25, -0.2) is 0 Å². The Balaban J connectivity index is 1.94. The molecule has 0 amide bonds. The van der Waals surface area contributed by atoms with Crippen LogP contribution in [0.4, 0.5) is 0 Å². The van der Waals surface area contributed by atoms with Crippen molar-refractivity contribution in [1.29, 1.82) is 0 Å². The molecule has 4 heteroatoms. The van der Waals surface area contributed by atoms with Crippen molar-refractivity contribution in [3.8, 4) is 5.75 Å². The molecule has 0 radical (unpaired) electrons. The zero-order valence-electron chi connectivity index (χ0n) is 15.1. The fourth-order valence-electron chi connectivity index (χ4n) is 3.30. The lowest BCUT2D eigenvalue weighted by Gasteiger charge is -2.29. The Morgan fingerprint density at radius 1 is 1.24 bits per heavy atom. The SMILES string of the molecule is COc1cc(SC)ccc1C(=O)CC1=NC(C)(C)Cc2ccccc21. The summed E-state index contributed by atoms with van der Waals surface area (Å²) in [6, 6.07) is 14.0. The molecule has 0 saturated carbocycles. The van der Waals surface area contributed by atoms with Crippen LogP contribution < -0.4 is 4.74 Å². The largest absolute Gasteiger partial charge is 0.496 e. The van der Waals surface area contributed by atoms with Crippen molar-refractivity contribution in [2.75, 3.05) is 13.4 Å². The van der Waals surface area contributed by atoms with Crippen molar-refractivity contribution in [2.45, 2.75) is 37.1 Å². The predicted molar refractivity (Wildman–Crippen MR) is 104 cm³/mol. The molecule has 0 atom stereocenters. The molecular formula is C21H23NO2S. The van der Waals surface area contributed by atoms with Crippen LogP contribution in [0.2, 0.25) is 0 Å². The third-order valence-corrected chi connectivity index (χ3v) is 5.15. The first-order valence-corrected chi connectivity index (χ1v) is 9.58. The second kappa shape index (κ2) is 7.04. The van der Waals surface area contributed by atoms with Crippen LogP contribution >= 0.6 is 11.8 Å². The average Bonchev–Trinajstić information content (AvgIpc) is 2.60. The van der Waals surface area contributed by atoms with E-state index in [0.717, 1.165) is 22.6 Å². The van der Waals surface area contributed by atoms with Gasteiger partial charge in [-0.05, 0) is 55.9 Å². The normalized spacial score (nSPS) is 15.3. The number of fused-ring (bicyclic) bond motifs is 1. The van der Waals surface area contributed by atoms with Gasteiger partial charge < -0.3 is 4.74 Å². The maximum atomic E-state index is 12.9. The first kappa shape index (κ1) is 17.7. The van der Waals surface area contributed by atoms with E-state index < -0.39 is 0 Å². The summed E-state index contributed by atoms with van der Waals surface area (Å²) in [5, 5.41) is 0. The van der Waals surface area contributed by atoms with Crippen LogP contribution in [0.5, 0.6) is 5.75 Å². The van der Waals surface area contributed by atoms with E-state index in [0.29, 0.717) is 11.3 Å². The Morgan fingerprint density at radius 2 is 2.00 bits per heavy atom. The summed E-state index contributed by atoms with van der Waals surface area (Å²) in [4.78, 5) is 18.9. The lowest BCUT2D eigenvalue weighted by molar-refractivity contribution is 0.0997. The molecule has 0 unspecified atom stereocenters. The zero-order valence-corrected chi connectivity index (χ0v) is 15.9. The van der Waals surface area contributed by atoms with E-state index >= 15 is 0 Å². The van der Waals surface area contributed by atoms with E-state index in [4.69, 9.17) is 9.73 Å². The van der Waals surface area contributed by atoms with Crippen molar-refractivity contribution in [3.05, 3.63) is 59.2 Å². The van der Waals surface area contributed by atoms with Gasteiger partial charge in [0, 0.05) is 4.90 Å². The predicted octanol–water partition coefficient (Wildman–Crippen LogP) is 4.81. The van der Waals surface area contributed by atoms with Crippen LogP contribution in [0.15, 0.2) is 52.4 Å². The van der Waals surface area contributed by atoms with Gasteiger partial charge in [0.2, 0.25) is 0 Å². The van der Waals surface area contributed by atoms with Gasteiger partial charge in [-0.15, -0.1) is 11.8 Å². The molecule has 1 aliphatic rings. The molecule has 3 rings (SSSR count). The summed E-state index contributed by atoms with van der Waals surface area (Å²) in [5.41, 5.74) is 3.65. The molecule has 3 nitrogen and oxygen atoms in total. The minimum atomic E-state index is -0.184. The third kappa shape index (κ3) is 3.79. The molecule has 130 valence electrons. The molecule has 0 N–H and O–H groups in total. The molecule has 1 aliphatic heterocycles. The van der Waals surface area contributed by atoms with Gasteiger partial charge in [-0.1, -0.05) is 24.3 Å². The molecule has 0 bridgehead atoms. The Bertz CT molecular complexity index is 840. The van der Waals surface area contributed by atoms with Crippen LogP contribution in [0, 0.1) is 0 Å². The van der Waals surface area contributed by atoms with Gasteiger partial charge >= 0.3 is 0 Å². The van der Waals surface area contributed by atoms with Crippen LogP contribution in [0.1, 0.15) is 41.8 Å². The Morgan fingerprint density at radius 3 is 2.72 bits per heavy atom. The van der Waals surface area contributed by atoms with E-state index in [1.165, 1.54) is 5.56 Å². The number of carbonyl (C=O) groups is 1. The van der Waals surface area contributed by atoms with Crippen molar-refractivity contribution in [1.82, 2.24) is 0 Å². The molecule has 0 spiro atoms. The topological polar surface area (TPSA) is 38.7 Å². The standard InChI is InChI=1S/C21H23NO2S/c1-21(2)13-14-7-5-6-8-16(14)18(22-21)12-19(23)17-10-9-15(25-4)11-20(17)24-3/h5-11H,12-13H2,1-4H3.